The van der Waals surface area contributed by atoms with Crippen molar-refractivity contribution in [2.45, 2.75) is 12.7 Å². The van der Waals surface area contributed by atoms with Crippen LogP contribution in [0.4, 0.5) is 5.69 Å². The molecule has 1 aliphatic heterocycles. The number of hydrogen-bond acceptors (Lipinski definition) is 3. The lowest BCUT2D eigenvalue weighted by Crippen LogP contribution is -2.34. The zero-order valence-corrected chi connectivity index (χ0v) is 12.6. The van der Waals surface area contributed by atoms with E-state index in [-0.39, 0.29) is 6.10 Å². The van der Waals surface area contributed by atoms with Gasteiger partial charge in [-0.3, -0.25) is 0 Å². The molecule has 0 fully saturated rings. The van der Waals surface area contributed by atoms with Crippen LogP contribution in [0.15, 0.2) is 53.0 Å². The van der Waals surface area contributed by atoms with Gasteiger partial charge in [-0.1, -0.05) is 46.3 Å². The van der Waals surface area contributed by atoms with Crippen LogP contribution in [0.1, 0.15) is 5.56 Å². The predicted molar refractivity (Wildman–Crippen MR) is 83.1 cm³/mol. The SMILES string of the molecule is Brc1ccc2c(c1)OC(COCc1ccccc1)CN2. The smallest absolute Gasteiger partial charge is 0.144 e. The summed E-state index contributed by atoms with van der Waals surface area (Å²) in [4.78, 5) is 0. The largest absolute Gasteiger partial charge is 0.484 e. The lowest BCUT2D eigenvalue weighted by molar-refractivity contribution is 0.0441. The molecule has 1 atom stereocenters. The normalized spacial score (nSPS) is 16.9. The quantitative estimate of drug-likeness (QED) is 0.922. The average molecular weight is 334 g/mol. The van der Waals surface area contributed by atoms with E-state index in [4.69, 9.17) is 9.47 Å². The van der Waals surface area contributed by atoms with Crippen LogP contribution in [0, 0.1) is 0 Å². The second kappa shape index (κ2) is 6.29. The summed E-state index contributed by atoms with van der Waals surface area (Å²) >= 11 is 3.45. The van der Waals surface area contributed by atoms with Crippen molar-refractivity contribution in [3.05, 3.63) is 58.6 Å². The van der Waals surface area contributed by atoms with Crippen molar-refractivity contribution >= 4 is 21.6 Å². The Bertz CT molecular complexity index is 574. The van der Waals surface area contributed by atoms with Gasteiger partial charge in [-0.2, -0.15) is 0 Å². The minimum Gasteiger partial charge on any atom is -0.484 e. The van der Waals surface area contributed by atoms with Gasteiger partial charge in [0, 0.05) is 4.47 Å². The van der Waals surface area contributed by atoms with E-state index < -0.39 is 0 Å². The van der Waals surface area contributed by atoms with Crippen LogP contribution >= 0.6 is 15.9 Å². The maximum Gasteiger partial charge on any atom is 0.144 e. The molecule has 0 spiro atoms. The standard InChI is InChI=1S/C16H16BrNO2/c17-13-6-7-15-16(8-13)20-14(9-18-15)11-19-10-12-4-2-1-3-5-12/h1-8,14,18H,9-11H2. The van der Waals surface area contributed by atoms with Crippen molar-refractivity contribution in [1.29, 1.82) is 0 Å². The lowest BCUT2D eigenvalue weighted by Gasteiger charge is -2.27. The molecule has 104 valence electrons. The molecule has 1 aliphatic rings. The van der Waals surface area contributed by atoms with Crippen LogP contribution < -0.4 is 10.1 Å². The maximum atomic E-state index is 5.93. The molecular weight excluding hydrogens is 318 g/mol. The van der Waals surface area contributed by atoms with Gasteiger partial charge < -0.3 is 14.8 Å². The fourth-order valence-corrected chi connectivity index (χ4v) is 2.50. The van der Waals surface area contributed by atoms with E-state index in [0.717, 1.165) is 22.5 Å². The van der Waals surface area contributed by atoms with Gasteiger partial charge in [0.1, 0.15) is 11.9 Å². The summed E-state index contributed by atoms with van der Waals surface area (Å²) < 4.78 is 12.7. The van der Waals surface area contributed by atoms with Crippen LogP contribution in [0.3, 0.4) is 0 Å². The van der Waals surface area contributed by atoms with E-state index >= 15 is 0 Å². The first kappa shape index (κ1) is 13.5. The van der Waals surface area contributed by atoms with Gasteiger partial charge in [-0.25, -0.2) is 0 Å². The predicted octanol–water partition coefficient (Wildman–Crippen LogP) is 3.84. The molecule has 2 aromatic rings. The van der Waals surface area contributed by atoms with Crippen LogP contribution in [-0.2, 0) is 11.3 Å². The first-order valence-corrected chi connectivity index (χ1v) is 7.42. The van der Waals surface area contributed by atoms with E-state index in [2.05, 4.69) is 33.4 Å². The van der Waals surface area contributed by atoms with E-state index in [1.807, 2.05) is 36.4 Å². The molecule has 3 nitrogen and oxygen atoms in total. The molecule has 0 saturated carbocycles. The minimum atomic E-state index is 0.0421. The number of fused-ring (bicyclic) bond motifs is 1. The van der Waals surface area contributed by atoms with E-state index in [1.165, 1.54) is 5.56 Å². The summed E-state index contributed by atoms with van der Waals surface area (Å²) in [6.45, 7) is 1.96. The highest BCUT2D eigenvalue weighted by Gasteiger charge is 2.19. The third kappa shape index (κ3) is 3.32. The maximum absolute atomic E-state index is 5.93. The molecule has 4 heteroatoms. The second-order valence-electron chi connectivity index (χ2n) is 4.76. The summed E-state index contributed by atoms with van der Waals surface area (Å²) in [6, 6.07) is 16.2. The Balaban J connectivity index is 1.53. The van der Waals surface area contributed by atoms with Crippen molar-refractivity contribution in [3.63, 3.8) is 0 Å². The van der Waals surface area contributed by atoms with Crippen molar-refractivity contribution in [2.75, 3.05) is 18.5 Å². The number of ether oxygens (including phenoxy) is 2. The number of hydrogen-bond donors (Lipinski definition) is 1. The van der Waals surface area contributed by atoms with Crippen LogP contribution in [0.25, 0.3) is 0 Å². The highest BCUT2D eigenvalue weighted by Crippen LogP contribution is 2.31. The monoisotopic (exact) mass is 333 g/mol. The second-order valence-corrected chi connectivity index (χ2v) is 5.68. The average Bonchev–Trinajstić information content (AvgIpc) is 2.48. The highest BCUT2D eigenvalue weighted by molar-refractivity contribution is 9.10. The van der Waals surface area contributed by atoms with Gasteiger partial charge >= 0.3 is 0 Å². The summed E-state index contributed by atoms with van der Waals surface area (Å²) in [7, 11) is 0. The molecule has 0 radical (unpaired) electrons. The summed E-state index contributed by atoms with van der Waals surface area (Å²) in [5.74, 6) is 0.874. The van der Waals surface area contributed by atoms with Gasteiger partial charge in [-0.15, -0.1) is 0 Å². The summed E-state index contributed by atoms with van der Waals surface area (Å²) in [5.41, 5.74) is 2.21. The van der Waals surface area contributed by atoms with Crippen LogP contribution in [0.5, 0.6) is 5.75 Å². The topological polar surface area (TPSA) is 30.5 Å². The number of rotatable bonds is 4. The number of nitrogens with one attached hydrogen (secondary N) is 1. The highest BCUT2D eigenvalue weighted by atomic mass is 79.9. The van der Waals surface area contributed by atoms with Crippen molar-refractivity contribution in [3.8, 4) is 5.75 Å². The summed E-state index contributed by atoms with van der Waals surface area (Å²) in [6.07, 6.45) is 0.0421. The molecule has 2 aromatic carbocycles. The molecule has 0 amide bonds. The fourth-order valence-electron chi connectivity index (χ4n) is 2.16. The first-order valence-electron chi connectivity index (χ1n) is 6.63. The van der Waals surface area contributed by atoms with Crippen molar-refractivity contribution < 1.29 is 9.47 Å². The van der Waals surface area contributed by atoms with Crippen molar-refractivity contribution in [1.82, 2.24) is 0 Å². The Morgan fingerprint density at radius 1 is 1.20 bits per heavy atom. The van der Waals surface area contributed by atoms with E-state index in [0.29, 0.717) is 13.2 Å². The molecule has 0 aromatic heterocycles. The number of anilines is 1. The van der Waals surface area contributed by atoms with E-state index in [9.17, 15) is 0 Å². The molecule has 1 unspecified atom stereocenters. The molecule has 1 heterocycles. The molecule has 1 N–H and O–H groups in total. The Kier molecular flexibility index (Phi) is 4.23. The van der Waals surface area contributed by atoms with Gasteiger partial charge in [0.15, 0.2) is 0 Å². The van der Waals surface area contributed by atoms with Gasteiger partial charge in [0.25, 0.3) is 0 Å². The molecule has 0 saturated heterocycles. The fraction of sp³-hybridized carbons (Fsp3) is 0.250. The Labute approximate surface area is 127 Å². The lowest BCUT2D eigenvalue weighted by atomic mass is 10.2. The Hall–Kier alpha value is -1.52. The van der Waals surface area contributed by atoms with Crippen LogP contribution in [0.2, 0.25) is 0 Å². The zero-order chi connectivity index (χ0) is 13.8. The minimum absolute atomic E-state index is 0.0421. The molecule has 0 aliphatic carbocycles. The Morgan fingerprint density at radius 2 is 2.05 bits per heavy atom. The molecule has 20 heavy (non-hydrogen) atoms. The van der Waals surface area contributed by atoms with Crippen molar-refractivity contribution in [2.24, 2.45) is 0 Å². The third-order valence-corrected chi connectivity index (χ3v) is 3.67. The number of benzene rings is 2. The first-order chi connectivity index (χ1) is 9.81. The molecule has 0 bridgehead atoms. The number of halogens is 1. The molecular formula is C16H16BrNO2. The van der Waals surface area contributed by atoms with Gasteiger partial charge in [0.05, 0.1) is 25.4 Å². The van der Waals surface area contributed by atoms with E-state index in [1.54, 1.807) is 0 Å². The van der Waals surface area contributed by atoms with Gasteiger partial charge in [0.2, 0.25) is 0 Å². The van der Waals surface area contributed by atoms with Gasteiger partial charge in [-0.05, 0) is 23.8 Å². The van der Waals surface area contributed by atoms with Crippen LogP contribution in [-0.4, -0.2) is 19.3 Å². The third-order valence-electron chi connectivity index (χ3n) is 3.17. The summed E-state index contributed by atoms with van der Waals surface area (Å²) in [5, 5.41) is 3.36. The molecule has 3 rings (SSSR count). The Morgan fingerprint density at radius 3 is 2.90 bits per heavy atom. The zero-order valence-electron chi connectivity index (χ0n) is 11.0.